The van der Waals surface area contributed by atoms with E-state index in [1.807, 2.05) is 23.6 Å². The van der Waals surface area contributed by atoms with Crippen LogP contribution in [0.1, 0.15) is 275 Å². The first-order valence-electron chi connectivity index (χ1n) is 42.4. The van der Waals surface area contributed by atoms with Gasteiger partial charge in [0.1, 0.15) is 24.3 Å². The molecule has 0 rings (SSSR count). The minimum atomic E-state index is -0.926. The van der Waals surface area contributed by atoms with Crippen LogP contribution in [0.2, 0.25) is 0 Å². The Morgan fingerprint density at radius 2 is 0.491 bits per heavy atom. The maximum atomic E-state index is 15.3. The van der Waals surface area contributed by atoms with Gasteiger partial charge >= 0.3 is 35.8 Å². The molecule has 0 aromatic carbocycles. The Hall–Kier alpha value is -2.80. The van der Waals surface area contributed by atoms with Crippen LogP contribution in [-0.2, 0) is 57.2 Å². The molecule has 0 aromatic heterocycles. The number of unbranched alkanes of at least 4 members (excludes halogenated alkanes) is 16. The van der Waals surface area contributed by atoms with E-state index in [1.54, 1.807) is 0 Å². The first kappa shape index (κ1) is 103. The van der Waals surface area contributed by atoms with Crippen LogP contribution in [0.3, 0.4) is 0 Å². The molecule has 0 saturated heterocycles. The summed E-state index contributed by atoms with van der Waals surface area (Å²) in [6.45, 7) is 31.7. The fraction of sp³-hybridized carbons (Fsp3) is 0.929. The summed E-state index contributed by atoms with van der Waals surface area (Å²) in [4.78, 5) is 103. The number of rotatable bonds is 75. The topological polar surface area (TPSA) is 184 Å². The van der Waals surface area contributed by atoms with Crippen molar-refractivity contribution >= 4 is 57.4 Å². The predicted octanol–water partition coefficient (Wildman–Crippen LogP) is 15.7. The van der Waals surface area contributed by atoms with Crippen molar-refractivity contribution in [2.75, 3.05) is 186 Å². The van der Waals surface area contributed by atoms with Gasteiger partial charge < -0.3 is 48.0 Å². The first-order valence-corrected chi connectivity index (χ1v) is 44.9. The molecule has 0 N–H and O–H groups in total. The van der Waals surface area contributed by atoms with Crippen LogP contribution in [0.4, 0.5) is 0 Å². The molecule has 106 heavy (non-hydrogen) atoms. The quantitative estimate of drug-likeness (QED) is 0.0242. The van der Waals surface area contributed by atoms with Gasteiger partial charge in [-0.15, -0.1) is 0 Å². The van der Waals surface area contributed by atoms with E-state index < -0.39 is 36.2 Å². The molecule has 0 radical (unpaired) electrons. The minimum Gasteiger partial charge on any atom is -0.466 e. The van der Waals surface area contributed by atoms with Crippen LogP contribution in [0.25, 0.3) is 0 Å². The number of ether oxygens (including phenoxy) is 6. The third kappa shape index (κ3) is 65.9. The summed E-state index contributed by atoms with van der Waals surface area (Å²) in [7, 11) is 19.4. The number of esters is 6. The predicted molar refractivity (Wildman–Crippen MR) is 445 cm³/mol. The van der Waals surface area contributed by atoms with Crippen molar-refractivity contribution in [1.82, 2.24) is 39.2 Å². The summed E-state index contributed by atoms with van der Waals surface area (Å²) < 4.78 is 36.4. The van der Waals surface area contributed by atoms with Crippen molar-refractivity contribution in [2.24, 2.45) is 23.7 Å². The van der Waals surface area contributed by atoms with E-state index in [0.717, 1.165) is 181 Å². The lowest BCUT2D eigenvalue weighted by Crippen LogP contribution is -2.48. The Kier molecular flexibility index (Phi) is 67.1. The lowest BCUT2D eigenvalue weighted by atomic mass is 10.0. The zero-order chi connectivity index (χ0) is 79.1. The van der Waals surface area contributed by atoms with E-state index >= 15 is 9.59 Å². The average Bonchev–Trinajstić information content (AvgIpc) is 0.868. The molecule has 20 nitrogen and oxygen atoms in total. The Morgan fingerprint density at radius 1 is 0.274 bits per heavy atom. The van der Waals surface area contributed by atoms with E-state index in [9.17, 15) is 19.2 Å². The molecule has 0 amide bonds. The summed E-state index contributed by atoms with van der Waals surface area (Å²) in [6.07, 6.45) is 28.3. The van der Waals surface area contributed by atoms with Gasteiger partial charge in [0.2, 0.25) is 0 Å². The second-order valence-corrected chi connectivity index (χ2v) is 35.6. The van der Waals surface area contributed by atoms with Crippen LogP contribution >= 0.6 is 21.6 Å². The van der Waals surface area contributed by atoms with E-state index in [1.165, 1.54) is 73.0 Å². The van der Waals surface area contributed by atoms with Gasteiger partial charge in [0.05, 0.1) is 52.1 Å². The molecule has 626 valence electrons. The lowest BCUT2D eigenvalue weighted by molar-refractivity contribution is -0.157. The van der Waals surface area contributed by atoms with Crippen LogP contribution < -0.4 is 0 Å². The summed E-state index contributed by atoms with van der Waals surface area (Å²) >= 11 is 0. The van der Waals surface area contributed by atoms with E-state index in [2.05, 4.69) is 141 Å². The highest BCUT2D eigenvalue weighted by molar-refractivity contribution is 8.76. The van der Waals surface area contributed by atoms with Gasteiger partial charge in [-0.2, -0.15) is 0 Å². The Labute approximate surface area is 658 Å². The summed E-state index contributed by atoms with van der Waals surface area (Å²) in [6, 6.07) is -1.85. The molecular weight excluding hydrogens is 1380 g/mol. The van der Waals surface area contributed by atoms with Crippen molar-refractivity contribution in [1.29, 1.82) is 0 Å². The summed E-state index contributed by atoms with van der Waals surface area (Å²) in [5.74, 6) is 0.623. The zero-order valence-electron chi connectivity index (χ0n) is 71.7. The first-order chi connectivity index (χ1) is 50.6. The number of hydrogen-bond acceptors (Lipinski definition) is 22. The molecule has 0 fully saturated rings. The smallest absolute Gasteiger partial charge is 0.324 e. The van der Waals surface area contributed by atoms with Crippen molar-refractivity contribution < 1.29 is 57.2 Å². The molecule has 4 atom stereocenters. The van der Waals surface area contributed by atoms with Gasteiger partial charge in [-0.3, -0.25) is 48.4 Å². The molecular formula is C84H166N8O12S2. The van der Waals surface area contributed by atoms with Crippen molar-refractivity contribution in [3.63, 3.8) is 0 Å². The van der Waals surface area contributed by atoms with E-state index in [-0.39, 0.29) is 87.2 Å². The van der Waals surface area contributed by atoms with Gasteiger partial charge in [-0.05, 0) is 198 Å². The molecule has 22 heteroatoms. The third-order valence-corrected chi connectivity index (χ3v) is 21.5. The molecule has 0 bridgehead atoms. The molecule has 0 heterocycles. The normalized spacial score (nSPS) is 13.3. The maximum absolute atomic E-state index is 15.3. The highest BCUT2D eigenvalue weighted by Gasteiger charge is 2.34. The van der Waals surface area contributed by atoms with Crippen LogP contribution in [0.15, 0.2) is 0 Å². The van der Waals surface area contributed by atoms with Gasteiger partial charge in [-0.1, -0.05) is 205 Å². The fourth-order valence-electron chi connectivity index (χ4n) is 12.8. The molecule has 0 spiro atoms. The zero-order valence-corrected chi connectivity index (χ0v) is 73.3. The highest BCUT2D eigenvalue weighted by Crippen LogP contribution is 2.29. The van der Waals surface area contributed by atoms with Gasteiger partial charge in [0, 0.05) is 50.8 Å². The van der Waals surface area contributed by atoms with Crippen LogP contribution in [0.5, 0.6) is 0 Å². The Balaban J connectivity index is 7.64. The second kappa shape index (κ2) is 69.0. The SMILES string of the molecule is CC(C)CCCCCCCOC(=O)CCN(CCC(=O)OCCCCCCCC(C)C)[C@@H](CSSC[C@@H](C(=O)OC(C)CN(CCCN(C)C)CCCN(C)C)N(CCC(=O)OCCCCCCCC(C)C)CCC(=O)OCCCCCCCC(C)C)C(=O)OC(C)CN(CCCN(C)C)CCCN(C)C. The van der Waals surface area contributed by atoms with Crippen molar-refractivity contribution in [3.8, 4) is 0 Å². The van der Waals surface area contributed by atoms with E-state index in [4.69, 9.17) is 28.4 Å². The molecule has 2 unspecified atom stereocenters. The number of carbonyl (C=O) groups excluding carboxylic acids is 6. The molecule has 0 aliphatic heterocycles. The highest BCUT2D eigenvalue weighted by atomic mass is 33.1. The monoisotopic (exact) mass is 1540 g/mol. The Bertz CT molecular complexity index is 1880. The maximum Gasteiger partial charge on any atom is 0.324 e. The number of carbonyl (C=O) groups is 6. The average molecular weight is 1540 g/mol. The van der Waals surface area contributed by atoms with Crippen molar-refractivity contribution in [2.45, 2.75) is 299 Å². The molecule has 0 aliphatic rings. The van der Waals surface area contributed by atoms with Crippen molar-refractivity contribution in [3.05, 3.63) is 0 Å². The van der Waals surface area contributed by atoms with E-state index in [0.29, 0.717) is 63.2 Å². The van der Waals surface area contributed by atoms with Crippen LogP contribution in [0, 0.1) is 23.7 Å². The van der Waals surface area contributed by atoms with Gasteiger partial charge in [0.25, 0.3) is 0 Å². The fourth-order valence-corrected chi connectivity index (χ4v) is 15.3. The summed E-state index contributed by atoms with van der Waals surface area (Å²) in [5.41, 5.74) is 0. The largest absolute Gasteiger partial charge is 0.466 e. The minimum absolute atomic E-state index is 0.00550. The third-order valence-electron chi connectivity index (χ3n) is 19.1. The second-order valence-electron chi connectivity index (χ2n) is 33.1. The van der Waals surface area contributed by atoms with Gasteiger partial charge in [-0.25, -0.2) is 0 Å². The molecule has 0 saturated carbocycles. The molecule has 0 aromatic rings. The Morgan fingerprint density at radius 3 is 0.708 bits per heavy atom. The summed E-state index contributed by atoms with van der Waals surface area (Å²) in [5, 5.41) is 0. The van der Waals surface area contributed by atoms with Gasteiger partial charge in [0.15, 0.2) is 0 Å². The van der Waals surface area contributed by atoms with Crippen LogP contribution in [-0.4, -0.2) is 285 Å². The number of hydrogen-bond donors (Lipinski definition) is 0. The standard InChI is InChI=1S/C84H166N8O12S2/c1-71(2)43-31-23-19-27-35-63-99-79(93)47-59-91(60-48-80(94)100-64-36-28-20-24-32-44-72(3)4)77(83(97)103-75(9)67-89(55-39-51-85(11)12)56-40-52-86(13)14)69-105-106-70-78(84(98)104-76(10)68-90(57-41-53-87(15)16)58-42-54-88(17)18)92(61-49-81(95)101-65-37-29-21-25-33-45-73(5)6)62-50-82(96)102-66-38-30-22-26-34-46-74(7)8/h71-78H,19-70H2,1-18H3/t75?,76?,77-,78-/m0/s1. The lowest BCUT2D eigenvalue weighted by Gasteiger charge is -2.33. The number of nitrogens with zero attached hydrogens (tertiary/aromatic N) is 8. The molecule has 0 aliphatic carbocycles.